The molecule has 0 bridgehead atoms. The zero-order valence-corrected chi connectivity index (χ0v) is 19.3. The molecule has 2 aromatic carbocycles. The molecule has 0 aliphatic heterocycles. The molecule has 0 fully saturated rings. The summed E-state index contributed by atoms with van der Waals surface area (Å²) in [4.78, 5) is 17.0. The largest absolute Gasteiger partial charge is 0.478 e. The van der Waals surface area contributed by atoms with Gasteiger partial charge in [-0.3, -0.25) is 4.79 Å². The van der Waals surface area contributed by atoms with Crippen molar-refractivity contribution in [2.24, 2.45) is 5.41 Å². The predicted molar refractivity (Wildman–Crippen MR) is 129 cm³/mol. The van der Waals surface area contributed by atoms with Gasteiger partial charge in [0, 0.05) is 11.6 Å². The van der Waals surface area contributed by atoms with Crippen molar-refractivity contribution in [1.82, 2.24) is 4.98 Å². The van der Waals surface area contributed by atoms with E-state index in [1.807, 2.05) is 63.2 Å². The highest BCUT2D eigenvalue weighted by atomic mass is 16.5. The van der Waals surface area contributed by atoms with Crippen LogP contribution in [0.4, 0.5) is 0 Å². The summed E-state index contributed by atoms with van der Waals surface area (Å²) < 4.78 is 11.3. The monoisotopic (exact) mass is 431 g/mol. The maximum absolute atomic E-state index is 12.3. The molecular weight excluding hydrogens is 398 g/mol. The van der Waals surface area contributed by atoms with Gasteiger partial charge in [-0.2, -0.15) is 0 Å². The summed E-state index contributed by atoms with van der Waals surface area (Å²) in [6.45, 7) is 6.86. The van der Waals surface area contributed by atoms with E-state index in [2.05, 4.69) is 30.3 Å². The lowest BCUT2D eigenvalue weighted by Gasteiger charge is -2.25. The van der Waals surface area contributed by atoms with Crippen LogP contribution in [0.3, 0.4) is 0 Å². The van der Waals surface area contributed by atoms with Crippen LogP contribution in [0, 0.1) is 5.41 Å². The molecule has 0 spiro atoms. The van der Waals surface area contributed by atoms with Gasteiger partial charge in [0.1, 0.15) is 0 Å². The number of benzene rings is 2. The van der Waals surface area contributed by atoms with Gasteiger partial charge in [-0.05, 0) is 56.7 Å². The van der Waals surface area contributed by atoms with E-state index >= 15 is 0 Å². The third-order valence-electron chi connectivity index (χ3n) is 5.90. The number of ether oxygens (including phenoxy) is 2. The van der Waals surface area contributed by atoms with Crippen molar-refractivity contribution in [2.45, 2.75) is 46.5 Å². The van der Waals surface area contributed by atoms with Crippen LogP contribution in [0.1, 0.15) is 46.5 Å². The van der Waals surface area contributed by atoms with Gasteiger partial charge in [-0.1, -0.05) is 67.6 Å². The molecule has 0 saturated heterocycles. The Labute approximate surface area is 191 Å². The Morgan fingerprint density at radius 3 is 2.16 bits per heavy atom. The number of pyridine rings is 1. The number of hydrogen-bond donors (Lipinski definition) is 0. The molecule has 1 heterocycles. The van der Waals surface area contributed by atoms with Crippen LogP contribution in [0.15, 0.2) is 72.8 Å². The number of rotatable bonds is 11. The number of aromatic nitrogens is 1. The minimum atomic E-state index is -0.429. The van der Waals surface area contributed by atoms with Crippen LogP contribution in [0.2, 0.25) is 0 Å². The topological polar surface area (TPSA) is 48.4 Å². The van der Waals surface area contributed by atoms with Crippen LogP contribution in [0.25, 0.3) is 22.4 Å². The fourth-order valence-corrected chi connectivity index (χ4v) is 3.66. The molecule has 4 nitrogen and oxygen atoms in total. The third kappa shape index (κ3) is 6.19. The summed E-state index contributed by atoms with van der Waals surface area (Å²) >= 11 is 0. The maximum Gasteiger partial charge on any atom is 0.311 e. The van der Waals surface area contributed by atoms with E-state index in [1.54, 1.807) is 0 Å². The molecule has 0 aliphatic carbocycles. The number of esters is 1. The third-order valence-corrected chi connectivity index (χ3v) is 5.90. The lowest BCUT2D eigenvalue weighted by molar-refractivity contribution is -0.155. The van der Waals surface area contributed by atoms with Crippen LogP contribution in [-0.2, 0) is 9.53 Å². The molecule has 168 valence electrons. The van der Waals surface area contributed by atoms with Gasteiger partial charge < -0.3 is 9.47 Å². The second-order valence-corrected chi connectivity index (χ2v) is 8.25. The number of hydrogen-bond acceptors (Lipinski definition) is 4. The van der Waals surface area contributed by atoms with Crippen molar-refractivity contribution < 1.29 is 14.3 Å². The lowest BCUT2D eigenvalue weighted by atomic mass is 9.82. The van der Waals surface area contributed by atoms with Crippen molar-refractivity contribution in [3.63, 3.8) is 0 Å². The SMILES string of the molecule is CCOC(=O)C(C)(CC)CCCCOc1cc(-c2ccccc2)cc(-c2ccccc2)n1. The van der Waals surface area contributed by atoms with Gasteiger partial charge in [0.05, 0.1) is 24.3 Å². The lowest BCUT2D eigenvalue weighted by Crippen LogP contribution is -2.29. The first kappa shape index (κ1) is 23.5. The molecule has 0 radical (unpaired) electrons. The highest BCUT2D eigenvalue weighted by molar-refractivity contribution is 5.76. The molecule has 0 N–H and O–H groups in total. The first-order valence-corrected chi connectivity index (χ1v) is 11.5. The molecule has 0 amide bonds. The molecule has 3 rings (SSSR count). The molecule has 1 unspecified atom stereocenters. The first-order valence-electron chi connectivity index (χ1n) is 11.5. The number of unbranched alkanes of at least 4 members (excludes halogenated alkanes) is 1. The molecule has 32 heavy (non-hydrogen) atoms. The molecule has 1 atom stereocenters. The Bertz CT molecular complexity index is 930. The molecule has 0 saturated carbocycles. The van der Waals surface area contributed by atoms with Crippen LogP contribution in [-0.4, -0.2) is 24.2 Å². The van der Waals surface area contributed by atoms with E-state index in [4.69, 9.17) is 14.5 Å². The van der Waals surface area contributed by atoms with Gasteiger partial charge in [-0.25, -0.2) is 4.98 Å². The van der Waals surface area contributed by atoms with Crippen molar-refractivity contribution in [1.29, 1.82) is 0 Å². The van der Waals surface area contributed by atoms with Crippen molar-refractivity contribution in [3.8, 4) is 28.3 Å². The van der Waals surface area contributed by atoms with Crippen LogP contribution in [0.5, 0.6) is 5.88 Å². The summed E-state index contributed by atoms with van der Waals surface area (Å²) in [6.07, 6.45) is 3.31. The van der Waals surface area contributed by atoms with Gasteiger partial charge in [0.25, 0.3) is 0 Å². The van der Waals surface area contributed by atoms with Gasteiger partial charge in [0.2, 0.25) is 5.88 Å². The molecular formula is C28H33NO3. The van der Waals surface area contributed by atoms with Crippen LogP contribution < -0.4 is 4.74 Å². The predicted octanol–water partition coefficient (Wildman–Crippen LogP) is 6.94. The molecule has 1 aromatic heterocycles. The van der Waals surface area contributed by atoms with E-state index < -0.39 is 5.41 Å². The summed E-state index contributed by atoms with van der Waals surface area (Å²) in [5.74, 6) is 0.516. The average molecular weight is 432 g/mol. The highest BCUT2D eigenvalue weighted by Crippen LogP contribution is 2.31. The first-order chi connectivity index (χ1) is 15.6. The van der Waals surface area contributed by atoms with E-state index in [1.165, 1.54) is 0 Å². The van der Waals surface area contributed by atoms with E-state index in [0.717, 1.165) is 48.1 Å². The fraction of sp³-hybridized carbons (Fsp3) is 0.357. The Hall–Kier alpha value is -3.14. The van der Waals surface area contributed by atoms with E-state index in [9.17, 15) is 4.79 Å². The van der Waals surface area contributed by atoms with Gasteiger partial charge in [0.15, 0.2) is 0 Å². The molecule has 0 aliphatic rings. The zero-order chi connectivity index (χ0) is 22.8. The van der Waals surface area contributed by atoms with E-state index in [0.29, 0.717) is 19.1 Å². The second-order valence-electron chi connectivity index (χ2n) is 8.25. The molecule has 4 heteroatoms. The van der Waals surface area contributed by atoms with Crippen LogP contribution >= 0.6 is 0 Å². The Balaban J connectivity index is 1.68. The van der Waals surface area contributed by atoms with Crippen molar-refractivity contribution in [2.75, 3.05) is 13.2 Å². The minimum absolute atomic E-state index is 0.104. The average Bonchev–Trinajstić information content (AvgIpc) is 2.84. The zero-order valence-electron chi connectivity index (χ0n) is 19.3. The highest BCUT2D eigenvalue weighted by Gasteiger charge is 2.32. The fourth-order valence-electron chi connectivity index (χ4n) is 3.66. The van der Waals surface area contributed by atoms with Gasteiger partial charge in [-0.15, -0.1) is 0 Å². The maximum atomic E-state index is 12.3. The molecule has 3 aromatic rings. The number of carbonyl (C=O) groups excluding carboxylic acids is 1. The summed E-state index contributed by atoms with van der Waals surface area (Å²) in [5, 5.41) is 0. The normalized spacial score (nSPS) is 12.7. The summed E-state index contributed by atoms with van der Waals surface area (Å²) in [6, 6.07) is 24.5. The summed E-state index contributed by atoms with van der Waals surface area (Å²) in [5.41, 5.74) is 3.73. The van der Waals surface area contributed by atoms with Crippen molar-refractivity contribution >= 4 is 5.97 Å². The minimum Gasteiger partial charge on any atom is -0.478 e. The quantitative estimate of drug-likeness (QED) is 0.244. The number of carbonyl (C=O) groups is 1. The van der Waals surface area contributed by atoms with Crippen molar-refractivity contribution in [3.05, 3.63) is 72.8 Å². The Morgan fingerprint density at radius 1 is 0.875 bits per heavy atom. The smallest absolute Gasteiger partial charge is 0.311 e. The Morgan fingerprint density at radius 2 is 1.53 bits per heavy atom. The second kappa shape index (κ2) is 11.5. The van der Waals surface area contributed by atoms with Gasteiger partial charge >= 0.3 is 5.97 Å². The van der Waals surface area contributed by atoms with E-state index in [-0.39, 0.29) is 5.97 Å². The summed E-state index contributed by atoms with van der Waals surface area (Å²) in [7, 11) is 0. The number of nitrogens with zero attached hydrogens (tertiary/aromatic N) is 1. The standard InChI is InChI=1S/C28H33NO3/c1-4-28(3,27(30)31-5-2)18-12-13-19-32-26-21-24(22-14-8-6-9-15-22)20-25(29-26)23-16-10-7-11-17-23/h6-11,14-17,20-21H,4-5,12-13,18-19H2,1-3H3. The Kier molecular flexibility index (Phi) is 8.43.